The Balaban J connectivity index is 2.82. The minimum Gasteiger partial charge on any atom is -0.368 e. The lowest BCUT2D eigenvalue weighted by Crippen LogP contribution is -2.30. The van der Waals surface area contributed by atoms with E-state index in [1.165, 1.54) is 0 Å². The Labute approximate surface area is 82.1 Å². The highest BCUT2D eigenvalue weighted by atomic mass is 35.5. The maximum atomic E-state index is 10.6. The van der Waals surface area contributed by atoms with Crippen molar-refractivity contribution in [3.05, 3.63) is 29.3 Å². The number of benzene rings is 1. The lowest BCUT2D eigenvalue weighted by atomic mass is 10.3. The Hall–Kier alpha value is -1.22. The highest BCUT2D eigenvalue weighted by Crippen LogP contribution is 2.23. The van der Waals surface area contributed by atoms with Crippen LogP contribution in [0.2, 0.25) is 5.02 Å². The molecule has 0 radical (unpaired) electrons. The van der Waals surface area contributed by atoms with Crippen molar-refractivity contribution >= 4 is 23.2 Å². The van der Waals surface area contributed by atoms with Gasteiger partial charge in [0, 0.05) is 7.05 Å². The lowest BCUT2D eigenvalue weighted by Gasteiger charge is -2.18. The number of rotatable bonds is 3. The number of halogens is 1. The normalized spacial score (nSPS) is 9.69. The van der Waals surface area contributed by atoms with Gasteiger partial charge >= 0.3 is 0 Å². The van der Waals surface area contributed by atoms with Crippen LogP contribution in [0.25, 0.3) is 0 Å². The van der Waals surface area contributed by atoms with Gasteiger partial charge in [0.2, 0.25) is 5.91 Å². The van der Waals surface area contributed by atoms with Crippen LogP contribution >= 0.6 is 11.6 Å². The van der Waals surface area contributed by atoms with Crippen LogP contribution in [0.1, 0.15) is 0 Å². The van der Waals surface area contributed by atoms with Gasteiger partial charge in [-0.25, -0.2) is 0 Å². The van der Waals surface area contributed by atoms with Crippen molar-refractivity contribution in [3.63, 3.8) is 0 Å². The molecule has 0 aliphatic heterocycles. The van der Waals surface area contributed by atoms with Gasteiger partial charge in [-0.15, -0.1) is 0 Å². The predicted molar refractivity (Wildman–Crippen MR) is 53.9 cm³/mol. The van der Waals surface area contributed by atoms with Gasteiger partial charge in [-0.3, -0.25) is 4.79 Å². The molecule has 4 heteroatoms. The molecule has 0 aromatic heterocycles. The van der Waals surface area contributed by atoms with Gasteiger partial charge in [-0.1, -0.05) is 23.7 Å². The molecule has 2 N–H and O–H groups in total. The Kier molecular flexibility index (Phi) is 3.14. The average molecular weight is 199 g/mol. The number of amides is 1. The molecule has 0 atom stereocenters. The van der Waals surface area contributed by atoms with Gasteiger partial charge in [0.05, 0.1) is 17.3 Å². The Morgan fingerprint density at radius 2 is 2.15 bits per heavy atom. The number of primary amides is 1. The molecule has 0 spiro atoms. The van der Waals surface area contributed by atoms with E-state index in [4.69, 9.17) is 17.3 Å². The smallest absolute Gasteiger partial charge is 0.236 e. The third-order valence-corrected chi connectivity index (χ3v) is 1.98. The molecule has 0 bridgehead atoms. The molecule has 1 rings (SSSR count). The second-order valence-electron chi connectivity index (χ2n) is 2.77. The number of para-hydroxylation sites is 1. The Morgan fingerprint density at radius 1 is 1.54 bits per heavy atom. The largest absolute Gasteiger partial charge is 0.368 e. The fourth-order valence-electron chi connectivity index (χ4n) is 1.08. The Bertz CT molecular complexity index is 314. The minimum absolute atomic E-state index is 0.170. The van der Waals surface area contributed by atoms with Crippen LogP contribution in [0.15, 0.2) is 24.3 Å². The summed E-state index contributed by atoms with van der Waals surface area (Å²) in [5.74, 6) is -0.373. The molecule has 0 heterocycles. The van der Waals surface area contributed by atoms with Crippen molar-refractivity contribution < 1.29 is 4.79 Å². The topological polar surface area (TPSA) is 46.3 Å². The van der Waals surface area contributed by atoms with Crippen molar-refractivity contribution in [1.29, 1.82) is 0 Å². The molecule has 0 aliphatic carbocycles. The van der Waals surface area contributed by atoms with E-state index in [0.29, 0.717) is 5.02 Å². The van der Waals surface area contributed by atoms with Crippen LogP contribution in [-0.2, 0) is 4.79 Å². The number of carbonyl (C=O) groups excluding carboxylic acids is 1. The van der Waals surface area contributed by atoms with E-state index in [1.54, 1.807) is 18.0 Å². The zero-order chi connectivity index (χ0) is 9.84. The Morgan fingerprint density at radius 3 is 2.69 bits per heavy atom. The summed E-state index contributed by atoms with van der Waals surface area (Å²) in [4.78, 5) is 12.3. The number of nitrogens with zero attached hydrogens (tertiary/aromatic N) is 1. The SMILES string of the molecule is CN(CC(N)=O)c1ccccc1Cl. The molecular formula is C9H11ClN2O. The predicted octanol–water partition coefficient (Wildman–Crippen LogP) is 1.26. The summed E-state index contributed by atoms with van der Waals surface area (Å²) < 4.78 is 0. The lowest BCUT2D eigenvalue weighted by molar-refractivity contribution is -0.116. The van der Waals surface area contributed by atoms with Crippen molar-refractivity contribution in [1.82, 2.24) is 0 Å². The second-order valence-corrected chi connectivity index (χ2v) is 3.18. The molecule has 3 nitrogen and oxygen atoms in total. The fraction of sp³-hybridized carbons (Fsp3) is 0.222. The summed E-state index contributed by atoms with van der Waals surface area (Å²) in [6, 6.07) is 7.31. The highest BCUT2D eigenvalue weighted by molar-refractivity contribution is 6.33. The van der Waals surface area contributed by atoms with E-state index < -0.39 is 0 Å². The summed E-state index contributed by atoms with van der Waals surface area (Å²) >= 11 is 5.91. The summed E-state index contributed by atoms with van der Waals surface area (Å²) in [6.45, 7) is 0.170. The van der Waals surface area contributed by atoms with E-state index in [0.717, 1.165) is 5.69 Å². The molecular weight excluding hydrogens is 188 g/mol. The molecule has 0 aliphatic rings. The van der Waals surface area contributed by atoms with Gasteiger partial charge in [0.1, 0.15) is 0 Å². The molecule has 0 saturated heterocycles. The summed E-state index contributed by atoms with van der Waals surface area (Å²) in [5, 5.41) is 0.617. The van der Waals surface area contributed by atoms with E-state index in [9.17, 15) is 4.79 Å². The van der Waals surface area contributed by atoms with Crippen molar-refractivity contribution in [2.45, 2.75) is 0 Å². The van der Waals surface area contributed by atoms with E-state index in [1.807, 2.05) is 18.2 Å². The maximum Gasteiger partial charge on any atom is 0.236 e. The molecule has 1 aromatic carbocycles. The first-order valence-corrected chi connectivity index (χ1v) is 4.23. The van der Waals surface area contributed by atoms with E-state index in [-0.39, 0.29) is 12.5 Å². The number of nitrogens with two attached hydrogens (primary N) is 1. The highest BCUT2D eigenvalue weighted by Gasteiger charge is 2.06. The van der Waals surface area contributed by atoms with Crippen molar-refractivity contribution in [3.8, 4) is 0 Å². The molecule has 1 amide bonds. The monoisotopic (exact) mass is 198 g/mol. The van der Waals surface area contributed by atoms with Crippen LogP contribution in [0.5, 0.6) is 0 Å². The molecule has 0 fully saturated rings. The summed E-state index contributed by atoms with van der Waals surface area (Å²) in [5.41, 5.74) is 5.87. The van der Waals surface area contributed by atoms with E-state index >= 15 is 0 Å². The summed E-state index contributed by atoms with van der Waals surface area (Å²) in [7, 11) is 1.77. The number of carbonyl (C=O) groups is 1. The van der Waals surface area contributed by atoms with Crippen LogP contribution in [-0.4, -0.2) is 19.5 Å². The maximum absolute atomic E-state index is 10.6. The van der Waals surface area contributed by atoms with Gasteiger partial charge < -0.3 is 10.6 Å². The standard InChI is InChI=1S/C9H11ClN2O/c1-12(6-9(11)13)8-5-3-2-4-7(8)10/h2-5H,6H2,1H3,(H2,11,13). The average Bonchev–Trinajstić information content (AvgIpc) is 2.03. The zero-order valence-corrected chi connectivity index (χ0v) is 8.08. The molecule has 0 unspecified atom stereocenters. The van der Waals surface area contributed by atoms with Crippen LogP contribution in [0.3, 0.4) is 0 Å². The van der Waals surface area contributed by atoms with Gasteiger partial charge in [0.25, 0.3) is 0 Å². The number of hydrogen-bond acceptors (Lipinski definition) is 2. The fourth-order valence-corrected chi connectivity index (χ4v) is 1.36. The number of anilines is 1. The van der Waals surface area contributed by atoms with Gasteiger partial charge in [-0.05, 0) is 12.1 Å². The molecule has 0 saturated carbocycles. The second kappa shape index (κ2) is 4.14. The number of likely N-dealkylation sites (N-methyl/N-ethyl adjacent to an activating group) is 1. The molecule has 70 valence electrons. The van der Waals surface area contributed by atoms with Crippen LogP contribution < -0.4 is 10.6 Å². The van der Waals surface area contributed by atoms with Crippen molar-refractivity contribution in [2.75, 3.05) is 18.5 Å². The summed E-state index contributed by atoms with van der Waals surface area (Å²) in [6.07, 6.45) is 0. The minimum atomic E-state index is -0.373. The third kappa shape index (κ3) is 2.63. The first kappa shape index (κ1) is 9.86. The quantitative estimate of drug-likeness (QED) is 0.795. The number of hydrogen-bond donors (Lipinski definition) is 1. The zero-order valence-electron chi connectivity index (χ0n) is 7.33. The molecule has 13 heavy (non-hydrogen) atoms. The third-order valence-electron chi connectivity index (χ3n) is 1.66. The van der Waals surface area contributed by atoms with Crippen LogP contribution in [0, 0.1) is 0 Å². The van der Waals surface area contributed by atoms with Gasteiger partial charge in [0.15, 0.2) is 0 Å². The van der Waals surface area contributed by atoms with Crippen molar-refractivity contribution in [2.24, 2.45) is 5.73 Å². The van der Waals surface area contributed by atoms with Gasteiger partial charge in [-0.2, -0.15) is 0 Å². The molecule has 1 aromatic rings. The first-order valence-electron chi connectivity index (χ1n) is 3.85. The van der Waals surface area contributed by atoms with Crippen LogP contribution in [0.4, 0.5) is 5.69 Å². The first-order chi connectivity index (χ1) is 6.11. The van der Waals surface area contributed by atoms with E-state index in [2.05, 4.69) is 0 Å².